The summed E-state index contributed by atoms with van der Waals surface area (Å²) in [5, 5.41) is 21.7. The molecule has 0 bridgehead atoms. The van der Waals surface area contributed by atoms with Gasteiger partial charge in [-0.3, -0.25) is 0 Å². The predicted molar refractivity (Wildman–Crippen MR) is 95.7 cm³/mol. The van der Waals surface area contributed by atoms with Crippen LogP contribution in [0.5, 0.6) is 17.2 Å². The molecular weight excluding hydrogens is 300 g/mol. The summed E-state index contributed by atoms with van der Waals surface area (Å²) < 4.78 is 6.02. The largest absolute Gasteiger partial charge is 0.508 e. The van der Waals surface area contributed by atoms with Gasteiger partial charge in [0.2, 0.25) is 0 Å². The number of hydrogen-bond acceptors (Lipinski definition) is 3. The number of phenols is 2. The highest BCUT2D eigenvalue weighted by Gasteiger charge is 2.22. The first-order chi connectivity index (χ1) is 11.7. The van der Waals surface area contributed by atoms with E-state index in [4.69, 9.17) is 4.74 Å². The van der Waals surface area contributed by atoms with E-state index in [1.807, 2.05) is 18.2 Å². The third-order valence-electron chi connectivity index (χ3n) is 4.71. The zero-order valence-corrected chi connectivity index (χ0v) is 13.7. The molecule has 0 saturated heterocycles. The fourth-order valence-corrected chi connectivity index (χ4v) is 3.50. The van der Waals surface area contributed by atoms with Gasteiger partial charge in [-0.15, -0.1) is 0 Å². The third kappa shape index (κ3) is 2.37. The van der Waals surface area contributed by atoms with E-state index in [0.717, 1.165) is 52.5 Å². The highest BCUT2D eigenvalue weighted by atomic mass is 16.5. The number of benzene rings is 3. The van der Waals surface area contributed by atoms with Crippen LogP contribution in [0.4, 0.5) is 0 Å². The second-order valence-corrected chi connectivity index (χ2v) is 6.38. The second-order valence-electron chi connectivity index (χ2n) is 6.38. The molecular formula is C21H20O3. The maximum Gasteiger partial charge on any atom is 0.135 e. The second kappa shape index (κ2) is 5.75. The van der Waals surface area contributed by atoms with Gasteiger partial charge in [-0.1, -0.05) is 19.4 Å². The van der Waals surface area contributed by atoms with Crippen LogP contribution in [-0.2, 0) is 13.0 Å². The summed E-state index contributed by atoms with van der Waals surface area (Å²) in [6, 6.07) is 13.1. The van der Waals surface area contributed by atoms with Gasteiger partial charge in [0.05, 0.1) is 0 Å². The van der Waals surface area contributed by atoms with Crippen LogP contribution in [0.2, 0.25) is 0 Å². The number of aryl methyl sites for hydroxylation is 1. The van der Waals surface area contributed by atoms with Gasteiger partial charge in [0.15, 0.2) is 0 Å². The normalized spacial score (nSPS) is 12.5. The maximum atomic E-state index is 9.90. The standard InChI is InChI=1S/C21H20O3/c1-2-3-4-13-10-20-17-7-5-15(22)9-14(17)12-24-21(20)18-8-6-16(23)11-19(13)18/h5-11,22-23H,2-4,12H2,1H3. The molecule has 0 aromatic heterocycles. The number of hydrogen-bond donors (Lipinski definition) is 2. The molecule has 4 rings (SSSR count). The van der Waals surface area contributed by atoms with Crippen LogP contribution in [0, 0.1) is 0 Å². The van der Waals surface area contributed by atoms with Crippen molar-refractivity contribution in [3.8, 4) is 28.4 Å². The van der Waals surface area contributed by atoms with E-state index in [9.17, 15) is 10.2 Å². The molecule has 1 aliphatic heterocycles. The lowest BCUT2D eigenvalue weighted by atomic mass is 9.89. The van der Waals surface area contributed by atoms with Crippen LogP contribution in [0.1, 0.15) is 30.9 Å². The van der Waals surface area contributed by atoms with Gasteiger partial charge in [-0.25, -0.2) is 0 Å². The lowest BCUT2D eigenvalue weighted by Crippen LogP contribution is -2.07. The van der Waals surface area contributed by atoms with Gasteiger partial charge in [0.1, 0.15) is 23.9 Å². The molecule has 0 atom stereocenters. The minimum absolute atomic E-state index is 0.262. The number of rotatable bonds is 3. The maximum absolute atomic E-state index is 9.90. The van der Waals surface area contributed by atoms with Crippen molar-refractivity contribution in [3.05, 3.63) is 53.6 Å². The summed E-state index contributed by atoms with van der Waals surface area (Å²) in [6.07, 6.45) is 3.20. The highest BCUT2D eigenvalue weighted by molar-refractivity contribution is 5.99. The summed E-state index contributed by atoms with van der Waals surface area (Å²) in [4.78, 5) is 0. The third-order valence-corrected chi connectivity index (χ3v) is 4.71. The Hall–Kier alpha value is -2.68. The van der Waals surface area contributed by atoms with Crippen LogP contribution < -0.4 is 4.74 Å². The molecule has 0 saturated carbocycles. The number of fused-ring (bicyclic) bond motifs is 5. The summed E-state index contributed by atoms with van der Waals surface area (Å²) in [5.74, 6) is 1.41. The van der Waals surface area contributed by atoms with Gasteiger partial charge in [-0.2, -0.15) is 0 Å². The van der Waals surface area contributed by atoms with Crippen LogP contribution in [0.3, 0.4) is 0 Å². The summed E-state index contributed by atoms with van der Waals surface area (Å²) in [7, 11) is 0. The Kier molecular flexibility index (Phi) is 3.57. The smallest absolute Gasteiger partial charge is 0.135 e. The Labute approximate surface area is 141 Å². The molecule has 3 aromatic carbocycles. The quantitative estimate of drug-likeness (QED) is 0.701. The zero-order chi connectivity index (χ0) is 16.7. The van der Waals surface area contributed by atoms with Crippen LogP contribution >= 0.6 is 0 Å². The SMILES string of the molecule is CCCCc1cc2c(c3ccc(O)cc13)OCc1cc(O)ccc1-2. The van der Waals surface area contributed by atoms with Crippen molar-refractivity contribution in [3.63, 3.8) is 0 Å². The van der Waals surface area contributed by atoms with E-state index in [1.54, 1.807) is 18.2 Å². The number of aromatic hydroxyl groups is 2. The van der Waals surface area contributed by atoms with E-state index >= 15 is 0 Å². The van der Waals surface area contributed by atoms with E-state index < -0.39 is 0 Å². The number of ether oxygens (including phenoxy) is 1. The van der Waals surface area contributed by atoms with Gasteiger partial charge >= 0.3 is 0 Å². The number of phenolic OH excluding ortho intramolecular Hbond substituents is 2. The van der Waals surface area contributed by atoms with Crippen molar-refractivity contribution in [1.82, 2.24) is 0 Å². The summed E-state index contributed by atoms with van der Waals surface area (Å²) in [5.41, 5.74) is 4.41. The van der Waals surface area contributed by atoms with E-state index in [1.165, 1.54) is 5.56 Å². The molecule has 122 valence electrons. The van der Waals surface area contributed by atoms with E-state index in [-0.39, 0.29) is 11.5 Å². The summed E-state index contributed by atoms with van der Waals surface area (Å²) >= 11 is 0. The van der Waals surface area contributed by atoms with Crippen molar-refractivity contribution in [2.75, 3.05) is 0 Å². The number of unbranched alkanes of at least 4 members (excludes halogenated alkanes) is 1. The molecule has 1 heterocycles. The first kappa shape index (κ1) is 14.9. The minimum atomic E-state index is 0.262. The Bertz CT molecular complexity index is 928. The Morgan fingerprint density at radius 1 is 0.917 bits per heavy atom. The fraction of sp³-hybridized carbons (Fsp3) is 0.238. The van der Waals surface area contributed by atoms with Crippen molar-refractivity contribution in [1.29, 1.82) is 0 Å². The van der Waals surface area contributed by atoms with Crippen LogP contribution in [0.15, 0.2) is 42.5 Å². The minimum Gasteiger partial charge on any atom is -0.508 e. The molecule has 0 fully saturated rings. The molecule has 3 nitrogen and oxygen atoms in total. The Morgan fingerprint density at radius 3 is 2.54 bits per heavy atom. The average Bonchev–Trinajstić information content (AvgIpc) is 2.58. The lowest BCUT2D eigenvalue weighted by Gasteiger charge is -2.24. The Morgan fingerprint density at radius 2 is 1.71 bits per heavy atom. The average molecular weight is 320 g/mol. The van der Waals surface area contributed by atoms with Gasteiger partial charge in [0, 0.05) is 16.5 Å². The van der Waals surface area contributed by atoms with Crippen LogP contribution in [0.25, 0.3) is 21.9 Å². The first-order valence-electron chi connectivity index (χ1n) is 8.41. The predicted octanol–water partition coefficient (Wildman–Crippen LogP) is 5.15. The molecule has 3 heteroatoms. The van der Waals surface area contributed by atoms with E-state index in [0.29, 0.717) is 6.61 Å². The fourth-order valence-electron chi connectivity index (χ4n) is 3.50. The molecule has 3 aromatic rings. The van der Waals surface area contributed by atoms with Crippen molar-refractivity contribution in [2.45, 2.75) is 32.8 Å². The van der Waals surface area contributed by atoms with E-state index in [2.05, 4.69) is 13.0 Å². The molecule has 0 amide bonds. The molecule has 24 heavy (non-hydrogen) atoms. The van der Waals surface area contributed by atoms with Gasteiger partial charge in [-0.05, 0) is 65.8 Å². The topological polar surface area (TPSA) is 49.7 Å². The molecule has 0 unspecified atom stereocenters. The monoisotopic (exact) mass is 320 g/mol. The van der Waals surface area contributed by atoms with Gasteiger partial charge in [0.25, 0.3) is 0 Å². The highest BCUT2D eigenvalue weighted by Crippen LogP contribution is 2.45. The molecule has 2 N–H and O–H groups in total. The van der Waals surface area contributed by atoms with Crippen molar-refractivity contribution >= 4 is 10.8 Å². The van der Waals surface area contributed by atoms with Crippen LogP contribution in [-0.4, -0.2) is 10.2 Å². The summed E-state index contributed by atoms with van der Waals surface area (Å²) in [6.45, 7) is 2.63. The van der Waals surface area contributed by atoms with Gasteiger partial charge < -0.3 is 14.9 Å². The van der Waals surface area contributed by atoms with Crippen molar-refractivity contribution in [2.24, 2.45) is 0 Å². The lowest BCUT2D eigenvalue weighted by molar-refractivity contribution is 0.305. The molecule has 0 aliphatic carbocycles. The molecule has 1 aliphatic rings. The zero-order valence-electron chi connectivity index (χ0n) is 13.7. The van der Waals surface area contributed by atoms with Crippen molar-refractivity contribution < 1.29 is 14.9 Å². The molecule has 0 radical (unpaired) electrons. The first-order valence-corrected chi connectivity index (χ1v) is 8.41. The Balaban J connectivity index is 1.99. The molecule has 0 spiro atoms.